The maximum atomic E-state index is 8.56. The molecule has 0 saturated carbocycles. The van der Waals surface area contributed by atoms with Gasteiger partial charge in [-0.15, -0.1) is 0 Å². The highest BCUT2D eigenvalue weighted by atomic mass is 16.5. The lowest BCUT2D eigenvalue weighted by atomic mass is 10.6. The van der Waals surface area contributed by atoms with Crippen molar-refractivity contribution in [1.82, 2.24) is 15.0 Å². The molecular formula is C7H9N5O. The quantitative estimate of drug-likeness (QED) is 0.712. The summed E-state index contributed by atoms with van der Waals surface area (Å²) in [7, 11) is 1.44. The summed E-state index contributed by atoms with van der Waals surface area (Å²) in [6, 6.07) is 1.96. The van der Waals surface area contributed by atoms with Crippen molar-refractivity contribution in [3.05, 3.63) is 5.82 Å². The highest BCUT2D eigenvalue weighted by molar-refractivity contribution is 5.28. The van der Waals surface area contributed by atoms with Gasteiger partial charge >= 0.3 is 6.01 Å². The van der Waals surface area contributed by atoms with Crippen LogP contribution in [0.2, 0.25) is 0 Å². The van der Waals surface area contributed by atoms with Crippen molar-refractivity contribution in [3.63, 3.8) is 0 Å². The molecule has 1 aromatic rings. The molecule has 68 valence electrons. The van der Waals surface area contributed by atoms with E-state index in [2.05, 4.69) is 20.3 Å². The number of methoxy groups -OCH3 is 1. The normalized spacial score (nSPS) is 9.00. The van der Waals surface area contributed by atoms with Crippen LogP contribution in [-0.2, 0) is 0 Å². The fraction of sp³-hybridized carbons (Fsp3) is 0.429. The van der Waals surface area contributed by atoms with E-state index in [9.17, 15) is 0 Å². The number of nitrogens with zero attached hydrogens (tertiary/aromatic N) is 4. The van der Waals surface area contributed by atoms with Crippen LogP contribution < -0.4 is 10.1 Å². The third-order valence-electron chi connectivity index (χ3n) is 1.23. The second-order valence-electron chi connectivity index (χ2n) is 2.11. The number of nitriles is 1. The molecule has 1 aromatic heterocycles. The van der Waals surface area contributed by atoms with Crippen molar-refractivity contribution >= 4 is 5.95 Å². The molecule has 0 unspecified atom stereocenters. The number of rotatable bonds is 3. The molecule has 0 saturated heterocycles. The van der Waals surface area contributed by atoms with E-state index in [-0.39, 0.29) is 11.8 Å². The molecule has 13 heavy (non-hydrogen) atoms. The molecule has 0 atom stereocenters. The molecule has 0 amide bonds. The van der Waals surface area contributed by atoms with Gasteiger partial charge in [0.05, 0.1) is 7.11 Å². The van der Waals surface area contributed by atoms with Gasteiger partial charge in [-0.05, 0) is 6.92 Å². The topological polar surface area (TPSA) is 83.7 Å². The van der Waals surface area contributed by atoms with E-state index < -0.39 is 0 Å². The van der Waals surface area contributed by atoms with Crippen molar-refractivity contribution < 1.29 is 4.74 Å². The number of anilines is 1. The van der Waals surface area contributed by atoms with Gasteiger partial charge in [0.25, 0.3) is 0 Å². The van der Waals surface area contributed by atoms with Crippen molar-refractivity contribution in [2.45, 2.75) is 6.92 Å². The van der Waals surface area contributed by atoms with Crippen molar-refractivity contribution in [1.29, 1.82) is 5.26 Å². The van der Waals surface area contributed by atoms with E-state index in [0.29, 0.717) is 12.5 Å². The minimum Gasteiger partial charge on any atom is -0.467 e. The predicted octanol–water partition coefficient (Wildman–Crippen LogP) is 0.184. The van der Waals surface area contributed by atoms with Gasteiger partial charge < -0.3 is 10.1 Å². The van der Waals surface area contributed by atoms with Crippen molar-refractivity contribution in [3.8, 4) is 12.1 Å². The Labute approximate surface area is 75.6 Å². The molecule has 0 radical (unpaired) electrons. The lowest BCUT2D eigenvalue weighted by Crippen LogP contribution is -2.06. The Morgan fingerprint density at radius 1 is 1.46 bits per heavy atom. The molecule has 1 rings (SSSR count). The standard InChI is InChI=1S/C7H9N5O/c1-3-9-6-10-5(4-8)11-7(12-6)13-2/h3H2,1-2H3,(H,9,10,11,12). The molecule has 0 aliphatic heterocycles. The number of hydrogen-bond donors (Lipinski definition) is 1. The average molecular weight is 179 g/mol. The summed E-state index contributed by atoms with van der Waals surface area (Å²) in [5.41, 5.74) is 0. The van der Waals surface area contributed by atoms with Crippen LogP contribution in [0.25, 0.3) is 0 Å². The first kappa shape index (κ1) is 9.19. The summed E-state index contributed by atoms with van der Waals surface area (Å²) < 4.78 is 4.79. The van der Waals surface area contributed by atoms with Gasteiger partial charge in [-0.1, -0.05) is 0 Å². The Morgan fingerprint density at radius 3 is 2.77 bits per heavy atom. The first-order valence-electron chi connectivity index (χ1n) is 3.74. The van der Waals surface area contributed by atoms with Gasteiger partial charge in [0.1, 0.15) is 6.07 Å². The minimum absolute atomic E-state index is 0.0443. The van der Waals surface area contributed by atoms with E-state index in [1.165, 1.54) is 7.11 Å². The summed E-state index contributed by atoms with van der Waals surface area (Å²) in [5, 5.41) is 11.4. The van der Waals surface area contributed by atoms with Gasteiger partial charge in [-0.25, -0.2) is 0 Å². The maximum absolute atomic E-state index is 8.56. The van der Waals surface area contributed by atoms with Crippen molar-refractivity contribution in [2.24, 2.45) is 0 Å². The molecule has 1 heterocycles. The highest BCUT2D eigenvalue weighted by Gasteiger charge is 2.04. The zero-order chi connectivity index (χ0) is 9.68. The number of ether oxygens (including phenoxy) is 1. The van der Waals surface area contributed by atoms with Crippen LogP contribution in [0.4, 0.5) is 5.95 Å². The Morgan fingerprint density at radius 2 is 2.23 bits per heavy atom. The van der Waals surface area contributed by atoms with Gasteiger partial charge in [-0.3, -0.25) is 0 Å². The SMILES string of the molecule is CCNc1nc(C#N)nc(OC)n1. The van der Waals surface area contributed by atoms with Gasteiger partial charge in [0.15, 0.2) is 0 Å². The van der Waals surface area contributed by atoms with Gasteiger partial charge in [0.2, 0.25) is 11.8 Å². The zero-order valence-corrected chi connectivity index (χ0v) is 7.40. The number of nitrogens with one attached hydrogen (secondary N) is 1. The van der Waals surface area contributed by atoms with Crippen LogP contribution in [0.15, 0.2) is 0 Å². The molecule has 0 fully saturated rings. The summed E-state index contributed by atoms with van der Waals surface area (Å²) >= 11 is 0. The lowest BCUT2D eigenvalue weighted by Gasteiger charge is -2.02. The second kappa shape index (κ2) is 4.21. The molecule has 1 N–H and O–H groups in total. The van der Waals surface area contributed by atoms with Crippen LogP contribution in [0, 0.1) is 11.3 Å². The largest absolute Gasteiger partial charge is 0.467 e. The average Bonchev–Trinajstić information content (AvgIpc) is 2.17. The molecule has 0 spiro atoms. The van der Waals surface area contributed by atoms with E-state index in [0.717, 1.165) is 0 Å². The molecule has 6 nitrogen and oxygen atoms in total. The van der Waals surface area contributed by atoms with Crippen LogP contribution >= 0.6 is 0 Å². The zero-order valence-electron chi connectivity index (χ0n) is 7.40. The van der Waals surface area contributed by atoms with Crippen LogP contribution in [0.3, 0.4) is 0 Å². The van der Waals surface area contributed by atoms with Crippen LogP contribution in [-0.4, -0.2) is 28.6 Å². The van der Waals surface area contributed by atoms with E-state index in [4.69, 9.17) is 10.00 Å². The third-order valence-corrected chi connectivity index (χ3v) is 1.23. The molecule has 0 aliphatic carbocycles. The fourth-order valence-electron chi connectivity index (χ4n) is 0.735. The first-order valence-corrected chi connectivity index (χ1v) is 3.74. The van der Waals surface area contributed by atoms with E-state index >= 15 is 0 Å². The monoisotopic (exact) mass is 179 g/mol. The van der Waals surface area contributed by atoms with E-state index in [1.807, 2.05) is 13.0 Å². The third kappa shape index (κ3) is 2.27. The Balaban J connectivity index is 3.01. The van der Waals surface area contributed by atoms with Gasteiger partial charge in [0, 0.05) is 6.54 Å². The molecule has 0 aliphatic rings. The lowest BCUT2D eigenvalue weighted by molar-refractivity contribution is 0.378. The number of hydrogen-bond acceptors (Lipinski definition) is 6. The number of aromatic nitrogens is 3. The predicted molar refractivity (Wildman–Crippen MR) is 45.3 cm³/mol. The summed E-state index contributed by atoms with van der Waals surface area (Å²) in [6.07, 6.45) is 0. The van der Waals surface area contributed by atoms with Crippen LogP contribution in [0.1, 0.15) is 12.7 Å². The summed E-state index contributed by atoms with van der Waals surface area (Å²) in [4.78, 5) is 11.4. The van der Waals surface area contributed by atoms with Gasteiger partial charge in [-0.2, -0.15) is 20.2 Å². The molecule has 0 aromatic carbocycles. The Kier molecular flexibility index (Phi) is 2.97. The summed E-state index contributed by atoms with van der Waals surface area (Å²) in [6.45, 7) is 2.58. The minimum atomic E-state index is 0.0443. The highest BCUT2D eigenvalue weighted by Crippen LogP contribution is 2.05. The molecule has 6 heteroatoms. The van der Waals surface area contributed by atoms with Crippen LogP contribution in [0.5, 0.6) is 6.01 Å². The smallest absolute Gasteiger partial charge is 0.322 e. The molecular weight excluding hydrogens is 170 g/mol. The maximum Gasteiger partial charge on any atom is 0.322 e. The summed E-state index contributed by atoms with van der Waals surface area (Å²) in [5.74, 6) is 0.397. The molecule has 0 bridgehead atoms. The second-order valence-corrected chi connectivity index (χ2v) is 2.11. The Bertz CT molecular complexity index is 332. The van der Waals surface area contributed by atoms with E-state index in [1.54, 1.807) is 0 Å². The first-order chi connectivity index (χ1) is 6.30. The van der Waals surface area contributed by atoms with Crippen molar-refractivity contribution in [2.75, 3.05) is 19.0 Å². The Hall–Kier alpha value is -1.90. The fourth-order valence-corrected chi connectivity index (χ4v) is 0.735.